The number of thiazole rings is 1. The van der Waals surface area contributed by atoms with Crippen molar-refractivity contribution in [3.8, 4) is 6.07 Å². The molecule has 0 aliphatic carbocycles. The molecule has 1 saturated heterocycles. The number of aromatic nitrogens is 1. The Kier molecular flexibility index (Phi) is 9.78. The van der Waals surface area contributed by atoms with Gasteiger partial charge in [0.2, 0.25) is 11.8 Å². The smallest absolute Gasteiger partial charge is 0.224 e. The molecule has 10 heteroatoms. The highest BCUT2D eigenvalue weighted by molar-refractivity contribution is 7.18. The molecule has 1 aromatic carbocycles. The molecule has 1 aliphatic rings. The number of ketones is 1. The lowest BCUT2D eigenvalue weighted by Gasteiger charge is -2.32. The van der Waals surface area contributed by atoms with Crippen molar-refractivity contribution in [3.63, 3.8) is 0 Å². The number of Topliss-reactive ketones (excluding diaryl/α,β-unsaturated/α-hetero) is 1. The Hall–Kier alpha value is -2.80. The molecule has 186 valence electrons. The van der Waals surface area contributed by atoms with Crippen molar-refractivity contribution in [2.75, 3.05) is 20.3 Å². The van der Waals surface area contributed by atoms with Gasteiger partial charge in [-0.25, -0.2) is 4.98 Å². The Morgan fingerprint density at radius 1 is 1.34 bits per heavy atom. The van der Waals surface area contributed by atoms with Crippen LogP contribution in [-0.4, -0.2) is 48.9 Å². The molecule has 35 heavy (non-hydrogen) atoms. The first-order chi connectivity index (χ1) is 16.8. The fourth-order valence-electron chi connectivity index (χ4n) is 4.17. The quantitative estimate of drug-likeness (QED) is 0.348. The number of carbonyl (C=O) groups excluding carboxylic acids is 3. The average molecular weight is 517 g/mol. The van der Waals surface area contributed by atoms with Gasteiger partial charge in [0.1, 0.15) is 6.07 Å². The maximum atomic E-state index is 13.4. The van der Waals surface area contributed by atoms with E-state index in [2.05, 4.69) is 22.2 Å². The van der Waals surface area contributed by atoms with E-state index in [0.29, 0.717) is 31.1 Å². The summed E-state index contributed by atoms with van der Waals surface area (Å²) in [5.41, 5.74) is 0.709. The Morgan fingerprint density at radius 3 is 2.77 bits per heavy atom. The predicted molar refractivity (Wildman–Crippen MR) is 135 cm³/mol. The summed E-state index contributed by atoms with van der Waals surface area (Å²) in [6.45, 7) is 4.67. The number of nitriles is 1. The molecule has 2 atom stereocenters. The summed E-state index contributed by atoms with van der Waals surface area (Å²) in [5, 5.41) is 16.0. The number of amides is 2. The van der Waals surface area contributed by atoms with E-state index in [1.54, 1.807) is 12.1 Å². The molecular formula is C25H29ClN4O4S. The van der Waals surface area contributed by atoms with Gasteiger partial charge in [-0.15, -0.1) is 11.3 Å². The van der Waals surface area contributed by atoms with Crippen LogP contribution in [0, 0.1) is 23.2 Å². The van der Waals surface area contributed by atoms with Gasteiger partial charge in [0, 0.05) is 50.6 Å². The van der Waals surface area contributed by atoms with Gasteiger partial charge in [-0.2, -0.15) is 5.26 Å². The highest BCUT2D eigenvalue weighted by Crippen LogP contribution is 2.28. The third-order valence-corrected chi connectivity index (χ3v) is 7.49. The summed E-state index contributed by atoms with van der Waals surface area (Å²) in [4.78, 5) is 42.5. The fourth-order valence-corrected chi connectivity index (χ4v) is 5.50. The largest absolute Gasteiger partial charge is 0.381 e. The summed E-state index contributed by atoms with van der Waals surface area (Å²) in [7, 11) is 1.54. The van der Waals surface area contributed by atoms with Crippen molar-refractivity contribution >= 4 is 50.8 Å². The number of rotatable bonds is 11. The van der Waals surface area contributed by atoms with Crippen molar-refractivity contribution in [2.24, 2.45) is 11.8 Å². The van der Waals surface area contributed by atoms with Crippen LogP contribution in [0.2, 0.25) is 5.02 Å². The Labute approximate surface area is 213 Å². The Bertz CT molecular complexity index is 1140. The molecule has 1 aliphatic heterocycles. The van der Waals surface area contributed by atoms with Crippen LogP contribution in [0.25, 0.3) is 10.2 Å². The molecule has 0 radical (unpaired) electrons. The minimum atomic E-state index is -0.627. The van der Waals surface area contributed by atoms with Crippen molar-refractivity contribution in [3.05, 3.63) is 40.4 Å². The van der Waals surface area contributed by atoms with Crippen LogP contribution in [0.3, 0.4) is 0 Å². The van der Waals surface area contributed by atoms with Crippen LogP contribution in [-0.2, 0) is 25.5 Å². The second-order valence-electron chi connectivity index (χ2n) is 8.62. The van der Waals surface area contributed by atoms with Crippen LogP contribution < -0.4 is 10.6 Å². The van der Waals surface area contributed by atoms with Crippen molar-refractivity contribution in [1.29, 1.82) is 5.26 Å². The molecule has 2 amide bonds. The van der Waals surface area contributed by atoms with E-state index in [0.717, 1.165) is 28.1 Å². The molecule has 0 unspecified atom stereocenters. The van der Waals surface area contributed by atoms with Crippen molar-refractivity contribution in [1.82, 2.24) is 15.6 Å². The van der Waals surface area contributed by atoms with Gasteiger partial charge in [-0.1, -0.05) is 18.2 Å². The molecule has 0 spiro atoms. The van der Waals surface area contributed by atoms with E-state index in [1.807, 2.05) is 12.1 Å². The number of carbonyl (C=O) groups is 3. The number of hydrogen-bond acceptors (Lipinski definition) is 7. The lowest BCUT2D eigenvalue weighted by molar-refractivity contribution is -0.131. The number of hydrogen-bond donors (Lipinski definition) is 2. The normalized spacial score (nSPS) is 15.7. The van der Waals surface area contributed by atoms with Crippen LogP contribution in [0.4, 0.5) is 0 Å². The molecule has 1 aromatic heterocycles. The molecule has 2 heterocycles. The number of fused-ring (bicyclic) bond motifs is 1. The van der Waals surface area contributed by atoms with E-state index in [-0.39, 0.29) is 48.0 Å². The number of nitrogens with one attached hydrogen (secondary N) is 2. The number of benzene rings is 1. The molecule has 2 aromatic rings. The Balaban J connectivity index is 1.76. The summed E-state index contributed by atoms with van der Waals surface area (Å²) in [5.74, 6) is -1.31. The molecule has 0 bridgehead atoms. The third-order valence-electron chi connectivity index (χ3n) is 6.21. The summed E-state index contributed by atoms with van der Waals surface area (Å²) in [6, 6.07) is 6.94. The average Bonchev–Trinajstić information content (AvgIpc) is 3.26. The zero-order valence-electron chi connectivity index (χ0n) is 19.6. The van der Waals surface area contributed by atoms with Crippen LogP contribution in [0.1, 0.15) is 37.1 Å². The van der Waals surface area contributed by atoms with Gasteiger partial charge in [-0.3, -0.25) is 14.4 Å². The zero-order chi connectivity index (χ0) is 25.4. The lowest BCUT2D eigenvalue weighted by Crippen LogP contribution is -2.46. The highest BCUT2D eigenvalue weighted by Gasteiger charge is 2.30. The summed E-state index contributed by atoms with van der Waals surface area (Å²) < 4.78 is 6.38. The monoisotopic (exact) mass is 516 g/mol. The summed E-state index contributed by atoms with van der Waals surface area (Å²) in [6.07, 6.45) is 2.36. The van der Waals surface area contributed by atoms with Crippen LogP contribution in [0.5, 0.6) is 0 Å². The van der Waals surface area contributed by atoms with Crippen LogP contribution in [0.15, 0.2) is 30.4 Å². The topological polar surface area (TPSA) is 121 Å². The number of nitrogens with zero attached hydrogens (tertiary/aromatic N) is 2. The fraction of sp³-hybridized carbons (Fsp3) is 0.480. The first-order valence-corrected chi connectivity index (χ1v) is 12.8. The molecule has 1 fully saturated rings. The zero-order valence-corrected chi connectivity index (χ0v) is 21.2. The SMILES string of the molecule is C=C(C#N)C(=O)CC[C@@H](NC(=O)[C@@H](CC(=O)NC)Cc1nc2ccc(Cl)cc2s1)C1CCOCC1. The second-order valence-corrected chi connectivity index (χ2v) is 10.2. The van der Waals surface area contributed by atoms with E-state index >= 15 is 0 Å². The lowest BCUT2D eigenvalue weighted by atomic mass is 9.87. The molecule has 3 rings (SSSR count). The van der Waals surface area contributed by atoms with Gasteiger partial charge in [-0.05, 0) is 43.4 Å². The number of allylic oxidation sites excluding steroid dienone is 1. The van der Waals surface area contributed by atoms with Gasteiger partial charge >= 0.3 is 0 Å². The van der Waals surface area contributed by atoms with Gasteiger partial charge < -0.3 is 15.4 Å². The van der Waals surface area contributed by atoms with E-state index in [9.17, 15) is 14.4 Å². The van der Waals surface area contributed by atoms with Gasteiger partial charge in [0.15, 0.2) is 5.78 Å². The van der Waals surface area contributed by atoms with Crippen molar-refractivity contribution in [2.45, 2.75) is 44.6 Å². The number of halogens is 1. The van der Waals surface area contributed by atoms with E-state index in [4.69, 9.17) is 21.6 Å². The standard InChI is InChI=1S/C25H29ClN4O4S/c1-15(14-27)21(31)6-5-19(16-7-9-34-10-8-16)30-25(33)17(11-23(32)28-2)12-24-29-20-4-3-18(26)13-22(20)35-24/h3-4,13,16-17,19H,1,5-12H2,2H3,(H,28,32)(H,30,33)/t17-,19+/m0/s1. The first-order valence-electron chi connectivity index (χ1n) is 11.6. The van der Waals surface area contributed by atoms with E-state index < -0.39 is 5.92 Å². The van der Waals surface area contributed by atoms with Gasteiger partial charge in [0.05, 0.1) is 26.7 Å². The van der Waals surface area contributed by atoms with Gasteiger partial charge in [0.25, 0.3) is 0 Å². The maximum Gasteiger partial charge on any atom is 0.224 e. The molecule has 8 nitrogen and oxygen atoms in total. The third kappa shape index (κ3) is 7.59. The minimum Gasteiger partial charge on any atom is -0.381 e. The predicted octanol–water partition coefficient (Wildman–Crippen LogP) is 3.58. The molecule has 0 saturated carbocycles. The first kappa shape index (κ1) is 26.8. The van der Waals surface area contributed by atoms with E-state index in [1.165, 1.54) is 18.4 Å². The molecular weight excluding hydrogens is 488 g/mol. The maximum absolute atomic E-state index is 13.4. The summed E-state index contributed by atoms with van der Waals surface area (Å²) >= 11 is 7.54. The van der Waals surface area contributed by atoms with Crippen molar-refractivity contribution < 1.29 is 19.1 Å². The highest BCUT2D eigenvalue weighted by atomic mass is 35.5. The minimum absolute atomic E-state index is 0.0175. The Morgan fingerprint density at radius 2 is 2.09 bits per heavy atom. The number of ether oxygens (including phenoxy) is 1. The van der Waals surface area contributed by atoms with Crippen LogP contribution >= 0.6 is 22.9 Å². The second kappa shape index (κ2) is 12.8. The molecule has 2 N–H and O–H groups in total.